The Morgan fingerprint density at radius 1 is 1.12 bits per heavy atom. The quantitative estimate of drug-likeness (QED) is 0.911. The van der Waals surface area contributed by atoms with Crippen LogP contribution >= 0.6 is 0 Å². The molecule has 0 aromatic heterocycles. The number of nitrogens with one attached hydrogen (secondary N) is 1. The second kappa shape index (κ2) is 8.56. The summed E-state index contributed by atoms with van der Waals surface area (Å²) < 4.78 is 5.55. The maximum absolute atomic E-state index is 12.6. The Kier molecular flexibility index (Phi) is 6.19. The van der Waals surface area contributed by atoms with Gasteiger partial charge >= 0.3 is 6.03 Å². The fraction of sp³-hybridized carbons (Fsp3) is 0.650. The number of ether oxygens (including phenoxy) is 1. The van der Waals surface area contributed by atoms with Crippen LogP contribution in [-0.2, 0) is 4.74 Å². The highest BCUT2D eigenvalue weighted by Crippen LogP contribution is 2.23. The van der Waals surface area contributed by atoms with Gasteiger partial charge in [0.25, 0.3) is 0 Å². The summed E-state index contributed by atoms with van der Waals surface area (Å²) in [5, 5.41) is 3.21. The standard InChI is InChI=1S/C20H31N3O2/c1-22(16-8-4-3-5-9-16)17-12-14-23(15-13-17)20(24)21-18-10-6-7-11-19(18)25-2/h3-5,8-9,17-19H,6-7,10-15H2,1-2H3,(H,21,24)/t18-,19-/m0/s1. The summed E-state index contributed by atoms with van der Waals surface area (Å²) in [6.07, 6.45) is 6.63. The SMILES string of the molecule is CO[C@H]1CCCC[C@@H]1NC(=O)N1CCC(N(C)c2ccccc2)CC1. The van der Waals surface area contributed by atoms with Crippen molar-refractivity contribution in [3.63, 3.8) is 0 Å². The second-order valence-corrected chi connectivity index (χ2v) is 7.28. The minimum atomic E-state index is 0.0785. The molecular formula is C20H31N3O2. The largest absolute Gasteiger partial charge is 0.379 e. The molecule has 0 bridgehead atoms. The number of anilines is 1. The predicted octanol–water partition coefficient (Wildman–Crippen LogP) is 3.25. The minimum Gasteiger partial charge on any atom is -0.379 e. The first-order valence-corrected chi connectivity index (χ1v) is 9.55. The molecule has 1 aromatic carbocycles. The summed E-state index contributed by atoms with van der Waals surface area (Å²) in [5.74, 6) is 0. The molecule has 1 saturated carbocycles. The van der Waals surface area contributed by atoms with Gasteiger partial charge in [-0.15, -0.1) is 0 Å². The van der Waals surface area contributed by atoms with Gasteiger partial charge in [0.2, 0.25) is 0 Å². The Morgan fingerprint density at radius 3 is 2.48 bits per heavy atom. The number of likely N-dealkylation sites (tertiary alicyclic amines) is 1. The smallest absolute Gasteiger partial charge is 0.317 e. The van der Waals surface area contributed by atoms with E-state index in [2.05, 4.69) is 41.5 Å². The van der Waals surface area contributed by atoms with Gasteiger partial charge in [0.1, 0.15) is 0 Å². The van der Waals surface area contributed by atoms with E-state index in [-0.39, 0.29) is 18.2 Å². The number of carbonyl (C=O) groups excluding carboxylic acids is 1. The highest BCUT2D eigenvalue weighted by molar-refractivity contribution is 5.74. The van der Waals surface area contributed by atoms with Crippen molar-refractivity contribution >= 4 is 11.7 Å². The van der Waals surface area contributed by atoms with Crippen LogP contribution in [0, 0.1) is 0 Å². The number of methoxy groups -OCH3 is 1. The number of hydrogen-bond donors (Lipinski definition) is 1. The third-order valence-electron chi connectivity index (χ3n) is 5.78. The zero-order chi connectivity index (χ0) is 17.6. The van der Waals surface area contributed by atoms with Gasteiger partial charge in [-0.05, 0) is 37.8 Å². The molecule has 25 heavy (non-hydrogen) atoms. The van der Waals surface area contributed by atoms with E-state index < -0.39 is 0 Å². The van der Waals surface area contributed by atoms with E-state index in [0.717, 1.165) is 38.8 Å². The van der Waals surface area contributed by atoms with Crippen molar-refractivity contribution in [2.45, 2.75) is 56.7 Å². The van der Waals surface area contributed by atoms with Gasteiger partial charge in [-0.2, -0.15) is 0 Å². The van der Waals surface area contributed by atoms with Crippen molar-refractivity contribution in [3.05, 3.63) is 30.3 Å². The Balaban J connectivity index is 1.49. The summed E-state index contributed by atoms with van der Waals surface area (Å²) in [5.41, 5.74) is 1.25. The van der Waals surface area contributed by atoms with Gasteiger partial charge in [0, 0.05) is 39.0 Å². The highest BCUT2D eigenvalue weighted by atomic mass is 16.5. The van der Waals surface area contributed by atoms with E-state index in [1.54, 1.807) is 7.11 Å². The van der Waals surface area contributed by atoms with Crippen molar-refractivity contribution in [1.29, 1.82) is 0 Å². The van der Waals surface area contributed by atoms with Gasteiger partial charge in [-0.1, -0.05) is 31.0 Å². The molecule has 0 spiro atoms. The molecule has 1 heterocycles. The normalized spacial score (nSPS) is 24.8. The molecule has 2 amide bonds. The molecule has 0 radical (unpaired) electrons. The first-order chi connectivity index (χ1) is 12.2. The van der Waals surface area contributed by atoms with Crippen molar-refractivity contribution in [3.8, 4) is 0 Å². The molecule has 1 aliphatic carbocycles. The molecule has 2 atom stereocenters. The Bertz CT molecular complexity index is 543. The summed E-state index contributed by atoms with van der Waals surface area (Å²) in [4.78, 5) is 16.9. The molecule has 1 N–H and O–H groups in total. The van der Waals surface area contributed by atoms with E-state index in [0.29, 0.717) is 6.04 Å². The average molecular weight is 345 g/mol. The third-order valence-corrected chi connectivity index (χ3v) is 5.78. The average Bonchev–Trinajstić information content (AvgIpc) is 2.68. The molecule has 1 saturated heterocycles. The predicted molar refractivity (Wildman–Crippen MR) is 101 cm³/mol. The maximum Gasteiger partial charge on any atom is 0.317 e. The minimum absolute atomic E-state index is 0.0785. The number of rotatable bonds is 4. The van der Waals surface area contributed by atoms with Gasteiger partial charge in [-0.3, -0.25) is 0 Å². The van der Waals surface area contributed by atoms with Crippen LogP contribution in [0.1, 0.15) is 38.5 Å². The zero-order valence-corrected chi connectivity index (χ0v) is 15.5. The number of amides is 2. The van der Waals surface area contributed by atoms with Crippen molar-refractivity contribution in [2.75, 3.05) is 32.1 Å². The lowest BCUT2D eigenvalue weighted by Gasteiger charge is -2.39. The van der Waals surface area contributed by atoms with E-state index in [9.17, 15) is 4.79 Å². The van der Waals surface area contributed by atoms with Crippen LogP contribution in [0.15, 0.2) is 30.3 Å². The third kappa shape index (κ3) is 4.46. The van der Waals surface area contributed by atoms with E-state index >= 15 is 0 Å². The number of piperidine rings is 1. The fourth-order valence-corrected chi connectivity index (χ4v) is 4.12. The number of urea groups is 1. The van der Waals surface area contributed by atoms with Crippen molar-refractivity contribution in [1.82, 2.24) is 10.2 Å². The van der Waals surface area contributed by atoms with Crippen LogP contribution in [0.5, 0.6) is 0 Å². The summed E-state index contributed by atoms with van der Waals surface area (Å²) in [7, 11) is 3.90. The van der Waals surface area contributed by atoms with Crippen LogP contribution in [0.25, 0.3) is 0 Å². The molecule has 3 rings (SSSR count). The zero-order valence-electron chi connectivity index (χ0n) is 15.5. The topological polar surface area (TPSA) is 44.8 Å². The molecule has 1 aliphatic heterocycles. The Hall–Kier alpha value is -1.75. The van der Waals surface area contributed by atoms with Crippen LogP contribution in [0.2, 0.25) is 0 Å². The van der Waals surface area contributed by atoms with Gasteiger partial charge in [0.15, 0.2) is 0 Å². The number of hydrogen-bond acceptors (Lipinski definition) is 3. The van der Waals surface area contributed by atoms with Gasteiger partial charge in [-0.25, -0.2) is 4.79 Å². The van der Waals surface area contributed by atoms with E-state index in [4.69, 9.17) is 4.74 Å². The molecule has 1 aromatic rings. The van der Waals surface area contributed by atoms with Crippen LogP contribution in [0.4, 0.5) is 10.5 Å². The van der Waals surface area contributed by atoms with Gasteiger partial charge < -0.3 is 19.9 Å². The lowest BCUT2D eigenvalue weighted by molar-refractivity contribution is 0.0426. The van der Waals surface area contributed by atoms with Crippen molar-refractivity contribution < 1.29 is 9.53 Å². The molecule has 5 heteroatoms. The number of nitrogens with zero attached hydrogens (tertiary/aromatic N) is 2. The molecule has 2 fully saturated rings. The van der Waals surface area contributed by atoms with Crippen LogP contribution in [-0.4, -0.2) is 56.4 Å². The molecule has 5 nitrogen and oxygen atoms in total. The molecule has 0 unspecified atom stereocenters. The van der Waals surface area contributed by atoms with Crippen LogP contribution in [0.3, 0.4) is 0 Å². The van der Waals surface area contributed by atoms with E-state index in [1.807, 2.05) is 11.0 Å². The number of benzene rings is 1. The Morgan fingerprint density at radius 2 is 1.80 bits per heavy atom. The summed E-state index contributed by atoms with van der Waals surface area (Å²) >= 11 is 0. The highest BCUT2D eigenvalue weighted by Gasteiger charge is 2.30. The molecule has 2 aliphatic rings. The summed E-state index contributed by atoms with van der Waals surface area (Å²) in [6.45, 7) is 1.64. The first kappa shape index (κ1) is 18.1. The second-order valence-electron chi connectivity index (χ2n) is 7.28. The summed E-state index contributed by atoms with van der Waals surface area (Å²) in [6, 6.07) is 11.2. The van der Waals surface area contributed by atoms with Gasteiger partial charge in [0.05, 0.1) is 12.1 Å². The lowest BCUT2D eigenvalue weighted by Crippen LogP contribution is -2.54. The van der Waals surface area contributed by atoms with E-state index in [1.165, 1.54) is 18.5 Å². The lowest BCUT2D eigenvalue weighted by atomic mass is 9.92. The van der Waals surface area contributed by atoms with Crippen molar-refractivity contribution in [2.24, 2.45) is 0 Å². The number of para-hydroxylation sites is 1. The maximum atomic E-state index is 12.6. The van der Waals surface area contributed by atoms with Crippen LogP contribution < -0.4 is 10.2 Å². The monoisotopic (exact) mass is 345 g/mol. The number of carbonyl (C=O) groups is 1. The first-order valence-electron chi connectivity index (χ1n) is 9.55. The molecular weight excluding hydrogens is 314 g/mol. The molecule has 138 valence electrons. The Labute approximate surface area is 151 Å². The fourth-order valence-electron chi connectivity index (χ4n) is 4.12.